The van der Waals surface area contributed by atoms with Gasteiger partial charge in [-0.2, -0.15) is 8.42 Å². The smallest absolute Gasteiger partial charge is 0.299 e. The molecule has 0 spiro atoms. The van der Waals surface area contributed by atoms with Crippen molar-refractivity contribution in [1.29, 1.82) is 0 Å². The topological polar surface area (TPSA) is 78.6 Å². The molecular weight excluding hydrogens is 218 g/mol. The van der Waals surface area contributed by atoms with E-state index in [1.54, 1.807) is 6.07 Å². The monoisotopic (exact) mass is 231 g/mol. The molecule has 5 nitrogen and oxygen atoms in total. The summed E-state index contributed by atoms with van der Waals surface area (Å²) in [5.74, 6) is 0.665. The summed E-state index contributed by atoms with van der Waals surface area (Å²) in [5, 5.41) is 0. The first-order valence-corrected chi connectivity index (χ1v) is 5.49. The second-order valence-electron chi connectivity index (χ2n) is 2.90. The standard InChI is InChI=1S/C9H13NO4S/c1-3-13-8-5-9(14-15(11)12)7(10)4-6(8)2/h4-5,15H,3,10H2,1-2H3. The first kappa shape index (κ1) is 11.6. The Labute approximate surface area is 90.0 Å². The van der Waals surface area contributed by atoms with Gasteiger partial charge in [-0.15, -0.1) is 0 Å². The SMILES string of the molecule is CCOc1cc(O[SH](=O)=O)c(N)cc1C. The van der Waals surface area contributed by atoms with E-state index in [1.165, 1.54) is 6.07 Å². The van der Waals surface area contributed by atoms with Gasteiger partial charge in [0.1, 0.15) is 5.75 Å². The lowest BCUT2D eigenvalue weighted by molar-refractivity contribution is 0.337. The number of anilines is 1. The molecule has 1 aromatic carbocycles. The third-order valence-corrected chi connectivity index (χ3v) is 2.13. The van der Waals surface area contributed by atoms with Crippen LogP contribution in [0.1, 0.15) is 12.5 Å². The maximum Gasteiger partial charge on any atom is 0.299 e. The van der Waals surface area contributed by atoms with E-state index >= 15 is 0 Å². The van der Waals surface area contributed by atoms with Gasteiger partial charge in [0.25, 0.3) is 11.0 Å². The molecule has 0 aliphatic heterocycles. The van der Waals surface area contributed by atoms with Gasteiger partial charge in [-0.3, -0.25) is 0 Å². The molecule has 0 saturated heterocycles. The molecular formula is C9H13NO4S. The number of aryl methyl sites for hydroxylation is 1. The summed E-state index contributed by atoms with van der Waals surface area (Å²) < 4.78 is 30.6. The Kier molecular flexibility index (Phi) is 3.79. The van der Waals surface area contributed by atoms with E-state index in [0.717, 1.165) is 5.56 Å². The fourth-order valence-corrected chi connectivity index (χ4v) is 1.48. The van der Waals surface area contributed by atoms with Gasteiger partial charge < -0.3 is 14.7 Å². The second-order valence-corrected chi connectivity index (χ2v) is 3.53. The maximum atomic E-state index is 10.4. The minimum absolute atomic E-state index is 0.0974. The highest BCUT2D eigenvalue weighted by Crippen LogP contribution is 2.30. The molecule has 15 heavy (non-hydrogen) atoms. The van der Waals surface area contributed by atoms with Crippen LogP contribution in [-0.4, -0.2) is 15.0 Å². The lowest BCUT2D eigenvalue weighted by Crippen LogP contribution is -2.00. The Bertz CT molecular complexity index is 420. The summed E-state index contributed by atoms with van der Waals surface area (Å²) >= 11 is 0. The van der Waals surface area contributed by atoms with E-state index in [2.05, 4.69) is 4.18 Å². The Morgan fingerprint density at radius 2 is 2.00 bits per heavy atom. The predicted octanol–water partition coefficient (Wildman–Crippen LogP) is 0.881. The minimum atomic E-state index is -2.96. The zero-order valence-electron chi connectivity index (χ0n) is 8.52. The van der Waals surface area contributed by atoms with E-state index in [0.29, 0.717) is 12.4 Å². The van der Waals surface area contributed by atoms with Crippen molar-refractivity contribution in [1.82, 2.24) is 0 Å². The lowest BCUT2D eigenvalue weighted by Gasteiger charge is -2.10. The summed E-state index contributed by atoms with van der Waals surface area (Å²) in [6, 6.07) is 3.08. The third kappa shape index (κ3) is 3.02. The van der Waals surface area contributed by atoms with Crippen LogP contribution in [0.2, 0.25) is 0 Å². The summed E-state index contributed by atoms with van der Waals surface area (Å²) in [6.45, 7) is 4.15. The van der Waals surface area contributed by atoms with E-state index < -0.39 is 11.0 Å². The number of hydrogen-bond acceptors (Lipinski definition) is 5. The summed E-state index contributed by atoms with van der Waals surface area (Å²) in [5.41, 5.74) is 6.70. The number of nitrogens with two attached hydrogens (primary N) is 1. The lowest BCUT2D eigenvalue weighted by atomic mass is 10.2. The number of nitrogen functional groups attached to an aromatic ring is 1. The van der Waals surface area contributed by atoms with Crippen molar-refractivity contribution in [3.63, 3.8) is 0 Å². The molecule has 0 bridgehead atoms. The zero-order chi connectivity index (χ0) is 11.4. The first-order chi connectivity index (χ1) is 7.04. The Morgan fingerprint density at radius 3 is 2.53 bits per heavy atom. The van der Waals surface area contributed by atoms with Crippen molar-refractivity contribution in [3.8, 4) is 11.5 Å². The first-order valence-electron chi connectivity index (χ1n) is 4.40. The number of thiol groups is 1. The van der Waals surface area contributed by atoms with Crippen LogP contribution in [0.15, 0.2) is 12.1 Å². The Balaban J connectivity index is 3.10. The Hall–Kier alpha value is -1.43. The molecule has 84 valence electrons. The van der Waals surface area contributed by atoms with Crippen LogP contribution in [0.5, 0.6) is 11.5 Å². The van der Waals surface area contributed by atoms with E-state index in [1.807, 2.05) is 13.8 Å². The molecule has 2 N–H and O–H groups in total. The van der Waals surface area contributed by atoms with Gasteiger partial charge in [-0.05, 0) is 25.5 Å². The number of ether oxygens (including phenoxy) is 1. The fraction of sp³-hybridized carbons (Fsp3) is 0.333. The van der Waals surface area contributed by atoms with Gasteiger partial charge in [0, 0.05) is 6.07 Å². The van der Waals surface area contributed by atoms with Gasteiger partial charge in [0.15, 0.2) is 5.75 Å². The van der Waals surface area contributed by atoms with Crippen molar-refractivity contribution in [3.05, 3.63) is 17.7 Å². The molecule has 0 aromatic heterocycles. The van der Waals surface area contributed by atoms with Crippen LogP contribution >= 0.6 is 0 Å². The number of benzene rings is 1. The van der Waals surface area contributed by atoms with Crippen LogP contribution in [-0.2, 0) is 11.0 Å². The van der Waals surface area contributed by atoms with Crippen molar-refractivity contribution in [2.24, 2.45) is 0 Å². The molecule has 0 aliphatic rings. The highest BCUT2D eigenvalue weighted by atomic mass is 32.2. The largest absolute Gasteiger partial charge is 0.493 e. The quantitative estimate of drug-likeness (QED) is 0.594. The normalized spacial score (nSPS) is 10.3. The van der Waals surface area contributed by atoms with Gasteiger partial charge in [-0.25, -0.2) is 0 Å². The van der Waals surface area contributed by atoms with Crippen molar-refractivity contribution >= 4 is 16.7 Å². The predicted molar refractivity (Wildman–Crippen MR) is 57.7 cm³/mol. The molecule has 6 heteroatoms. The molecule has 0 amide bonds. The average molecular weight is 231 g/mol. The maximum absolute atomic E-state index is 10.4. The highest BCUT2D eigenvalue weighted by molar-refractivity contribution is 7.67. The van der Waals surface area contributed by atoms with Crippen LogP contribution in [0.25, 0.3) is 0 Å². The number of hydrogen-bond donors (Lipinski definition) is 2. The molecule has 0 fully saturated rings. The summed E-state index contributed by atoms with van der Waals surface area (Å²) in [6.07, 6.45) is 0. The van der Waals surface area contributed by atoms with E-state index in [4.69, 9.17) is 10.5 Å². The van der Waals surface area contributed by atoms with Gasteiger partial charge in [0.2, 0.25) is 0 Å². The molecule has 0 unspecified atom stereocenters. The highest BCUT2D eigenvalue weighted by Gasteiger charge is 2.07. The van der Waals surface area contributed by atoms with Gasteiger partial charge in [-0.1, -0.05) is 0 Å². The van der Waals surface area contributed by atoms with Gasteiger partial charge in [0.05, 0.1) is 12.3 Å². The van der Waals surface area contributed by atoms with Crippen LogP contribution in [0.4, 0.5) is 5.69 Å². The van der Waals surface area contributed by atoms with Crippen LogP contribution in [0.3, 0.4) is 0 Å². The van der Waals surface area contributed by atoms with Crippen LogP contribution < -0.4 is 14.7 Å². The molecule has 0 aliphatic carbocycles. The van der Waals surface area contributed by atoms with Gasteiger partial charge >= 0.3 is 0 Å². The third-order valence-electron chi connectivity index (χ3n) is 1.78. The van der Waals surface area contributed by atoms with E-state index in [9.17, 15) is 8.42 Å². The fourth-order valence-electron chi connectivity index (χ4n) is 1.16. The minimum Gasteiger partial charge on any atom is -0.493 e. The molecule has 0 saturated carbocycles. The summed E-state index contributed by atoms with van der Waals surface area (Å²) in [4.78, 5) is 0. The molecule has 1 aromatic rings. The summed E-state index contributed by atoms with van der Waals surface area (Å²) in [7, 11) is -2.96. The van der Waals surface area contributed by atoms with E-state index in [-0.39, 0.29) is 11.4 Å². The second kappa shape index (κ2) is 4.88. The molecule has 0 radical (unpaired) electrons. The average Bonchev–Trinajstić information content (AvgIpc) is 2.12. The molecule has 0 heterocycles. The molecule has 0 atom stereocenters. The molecule has 1 rings (SSSR count). The number of rotatable bonds is 4. The van der Waals surface area contributed by atoms with Crippen molar-refractivity contribution in [2.75, 3.05) is 12.3 Å². The van der Waals surface area contributed by atoms with Crippen molar-refractivity contribution in [2.45, 2.75) is 13.8 Å². The van der Waals surface area contributed by atoms with Crippen LogP contribution in [0, 0.1) is 6.92 Å². The van der Waals surface area contributed by atoms with Crippen molar-refractivity contribution < 1.29 is 17.3 Å². The zero-order valence-corrected chi connectivity index (χ0v) is 9.41. The Morgan fingerprint density at radius 1 is 1.33 bits per heavy atom.